The topological polar surface area (TPSA) is 87.9 Å². The van der Waals surface area contributed by atoms with Gasteiger partial charge < -0.3 is 15.4 Å². The summed E-state index contributed by atoms with van der Waals surface area (Å²) in [5.74, 6) is 0.639. The van der Waals surface area contributed by atoms with Gasteiger partial charge in [-0.25, -0.2) is 8.42 Å². The molecule has 2 aliphatic rings. The number of sulfonamides is 1. The van der Waals surface area contributed by atoms with Gasteiger partial charge in [0.2, 0.25) is 10.0 Å². The molecule has 1 aromatic rings. The first-order valence-corrected chi connectivity index (χ1v) is 9.57. The lowest BCUT2D eigenvalue weighted by Crippen LogP contribution is -2.47. The van der Waals surface area contributed by atoms with Crippen molar-refractivity contribution in [1.82, 2.24) is 4.90 Å². The standard InChI is InChI=1S/C13H16N4O3S3/c1-7-10-6-16(12(14)21)13(22)17(10)9-5-8(15-23(2,18)19)3-4-11(9)20-7/h3-5,7,10,15H,6H2,1-2H3,(H2,14,21). The van der Waals surface area contributed by atoms with Crippen LogP contribution in [0.25, 0.3) is 0 Å². The zero-order valence-corrected chi connectivity index (χ0v) is 15.0. The van der Waals surface area contributed by atoms with Crippen molar-refractivity contribution in [1.29, 1.82) is 0 Å². The lowest BCUT2D eigenvalue weighted by molar-refractivity contribution is 0.180. The summed E-state index contributed by atoms with van der Waals surface area (Å²) in [6.45, 7) is 2.49. The van der Waals surface area contributed by atoms with E-state index in [0.717, 1.165) is 6.26 Å². The second-order valence-corrected chi connectivity index (χ2v) is 8.08. The lowest BCUT2D eigenvalue weighted by atomic mass is 10.1. The molecule has 1 aromatic carbocycles. The Balaban J connectivity index is 2.04. The summed E-state index contributed by atoms with van der Waals surface area (Å²) in [6, 6.07) is 5.04. The molecule has 0 aromatic heterocycles. The third-order valence-corrected chi connectivity index (χ3v) is 5.02. The molecule has 1 saturated heterocycles. The van der Waals surface area contributed by atoms with Crippen LogP contribution in [0.15, 0.2) is 18.2 Å². The summed E-state index contributed by atoms with van der Waals surface area (Å²) < 4.78 is 31.2. The Labute approximate surface area is 145 Å². The van der Waals surface area contributed by atoms with Gasteiger partial charge in [-0.2, -0.15) is 0 Å². The fraction of sp³-hybridized carbons (Fsp3) is 0.385. The van der Waals surface area contributed by atoms with Crippen LogP contribution in [0.1, 0.15) is 6.92 Å². The molecule has 7 nitrogen and oxygen atoms in total. The van der Waals surface area contributed by atoms with E-state index in [1.807, 2.05) is 11.8 Å². The lowest BCUT2D eigenvalue weighted by Gasteiger charge is -2.36. The maximum absolute atomic E-state index is 11.4. The second kappa shape index (κ2) is 5.46. The minimum absolute atomic E-state index is 0.0371. The summed E-state index contributed by atoms with van der Waals surface area (Å²) in [5, 5.41) is 0.707. The van der Waals surface area contributed by atoms with Crippen LogP contribution < -0.4 is 20.1 Å². The molecule has 0 saturated carbocycles. The molecule has 3 rings (SSSR count). The second-order valence-electron chi connectivity index (χ2n) is 5.55. The summed E-state index contributed by atoms with van der Waals surface area (Å²) in [6.07, 6.45) is 0.997. The minimum Gasteiger partial charge on any atom is -0.486 e. The van der Waals surface area contributed by atoms with Crippen LogP contribution in [-0.2, 0) is 10.0 Å². The monoisotopic (exact) mass is 372 g/mol. The average molecular weight is 372 g/mol. The highest BCUT2D eigenvalue weighted by Gasteiger charge is 2.44. The number of fused-ring (bicyclic) bond motifs is 3. The number of nitrogens with zero attached hydrogens (tertiary/aromatic N) is 2. The highest BCUT2D eigenvalue weighted by molar-refractivity contribution is 7.92. The molecule has 10 heteroatoms. The molecular formula is C13H16N4O3S3. The van der Waals surface area contributed by atoms with Gasteiger partial charge in [0.15, 0.2) is 10.2 Å². The van der Waals surface area contributed by atoms with Crippen molar-refractivity contribution in [3.05, 3.63) is 18.2 Å². The number of hydrogen-bond acceptors (Lipinski definition) is 5. The molecule has 124 valence electrons. The highest BCUT2D eigenvalue weighted by atomic mass is 32.2. The van der Waals surface area contributed by atoms with E-state index >= 15 is 0 Å². The average Bonchev–Trinajstić information content (AvgIpc) is 2.77. The zero-order valence-electron chi connectivity index (χ0n) is 12.5. The van der Waals surface area contributed by atoms with Crippen molar-refractivity contribution in [2.75, 3.05) is 22.4 Å². The molecule has 0 radical (unpaired) electrons. The van der Waals surface area contributed by atoms with E-state index in [0.29, 0.717) is 28.8 Å². The maximum Gasteiger partial charge on any atom is 0.229 e. The molecule has 2 atom stereocenters. The largest absolute Gasteiger partial charge is 0.486 e. The molecule has 2 unspecified atom stereocenters. The SMILES string of the molecule is CC1Oc2ccc(NS(C)(=O)=O)cc2N2C(=S)N(C(N)=S)CC12. The van der Waals surface area contributed by atoms with Crippen LogP contribution in [0.5, 0.6) is 5.75 Å². The minimum atomic E-state index is -3.37. The summed E-state index contributed by atoms with van der Waals surface area (Å²) in [5.41, 5.74) is 6.88. The van der Waals surface area contributed by atoms with Crippen molar-refractivity contribution < 1.29 is 13.2 Å². The van der Waals surface area contributed by atoms with E-state index < -0.39 is 10.0 Å². The maximum atomic E-state index is 11.4. The van der Waals surface area contributed by atoms with E-state index in [-0.39, 0.29) is 17.3 Å². The van der Waals surface area contributed by atoms with Gasteiger partial charge in [0.25, 0.3) is 0 Å². The predicted molar refractivity (Wildman–Crippen MR) is 97.4 cm³/mol. The van der Waals surface area contributed by atoms with Crippen LogP contribution in [0.4, 0.5) is 11.4 Å². The normalized spacial score (nSPS) is 23.1. The van der Waals surface area contributed by atoms with Crippen molar-refractivity contribution in [3.63, 3.8) is 0 Å². The van der Waals surface area contributed by atoms with Gasteiger partial charge in [-0.1, -0.05) is 0 Å². The van der Waals surface area contributed by atoms with E-state index in [2.05, 4.69) is 4.72 Å². The molecule has 3 N–H and O–H groups in total. The van der Waals surface area contributed by atoms with Gasteiger partial charge in [-0.3, -0.25) is 9.62 Å². The van der Waals surface area contributed by atoms with Crippen LogP contribution >= 0.6 is 24.4 Å². The molecular weight excluding hydrogens is 356 g/mol. The fourth-order valence-corrected chi connectivity index (χ4v) is 3.99. The van der Waals surface area contributed by atoms with Gasteiger partial charge in [0.05, 0.1) is 30.2 Å². The number of rotatable bonds is 2. The van der Waals surface area contributed by atoms with E-state index in [1.165, 1.54) is 0 Å². The Hall–Kier alpha value is -1.65. The number of nitrogens with two attached hydrogens (primary N) is 1. The van der Waals surface area contributed by atoms with Gasteiger partial charge in [-0.15, -0.1) is 0 Å². The summed E-state index contributed by atoms with van der Waals surface area (Å²) in [7, 11) is -3.37. The van der Waals surface area contributed by atoms with Gasteiger partial charge in [0, 0.05) is 0 Å². The van der Waals surface area contributed by atoms with Crippen LogP contribution in [0, 0.1) is 0 Å². The van der Waals surface area contributed by atoms with Gasteiger partial charge in [0.1, 0.15) is 11.9 Å². The Morgan fingerprint density at radius 3 is 2.78 bits per heavy atom. The Bertz CT molecular complexity index is 796. The quantitative estimate of drug-likeness (QED) is 0.739. The molecule has 0 aliphatic carbocycles. The number of thiocarbonyl (C=S) groups is 2. The van der Waals surface area contributed by atoms with E-state index in [9.17, 15) is 8.42 Å². The number of ether oxygens (including phenoxy) is 1. The first kappa shape index (κ1) is 16.2. The van der Waals surface area contributed by atoms with Crippen molar-refractivity contribution in [2.24, 2.45) is 5.73 Å². The van der Waals surface area contributed by atoms with E-state index in [4.69, 9.17) is 34.9 Å². The molecule has 0 amide bonds. The smallest absolute Gasteiger partial charge is 0.229 e. The fourth-order valence-electron chi connectivity index (χ4n) is 2.80. The Morgan fingerprint density at radius 2 is 2.17 bits per heavy atom. The zero-order chi connectivity index (χ0) is 16.9. The molecule has 1 fully saturated rings. The number of hydrogen-bond donors (Lipinski definition) is 2. The number of benzene rings is 1. The summed E-state index contributed by atoms with van der Waals surface area (Å²) in [4.78, 5) is 3.60. The van der Waals surface area contributed by atoms with Crippen molar-refractivity contribution >= 4 is 56.1 Å². The first-order valence-electron chi connectivity index (χ1n) is 6.86. The Kier molecular flexibility index (Phi) is 3.85. The van der Waals surface area contributed by atoms with Crippen LogP contribution in [0.3, 0.4) is 0 Å². The molecule has 0 spiro atoms. The van der Waals surface area contributed by atoms with E-state index in [1.54, 1.807) is 23.1 Å². The van der Waals surface area contributed by atoms with Gasteiger partial charge in [-0.05, 0) is 49.6 Å². The predicted octanol–water partition coefficient (Wildman–Crippen LogP) is 0.858. The van der Waals surface area contributed by atoms with Crippen LogP contribution in [0.2, 0.25) is 0 Å². The molecule has 23 heavy (non-hydrogen) atoms. The van der Waals surface area contributed by atoms with Crippen molar-refractivity contribution in [2.45, 2.75) is 19.1 Å². The molecule has 0 bridgehead atoms. The summed E-state index contributed by atoms with van der Waals surface area (Å²) >= 11 is 10.5. The van der Waals surface area contributed by atoms with Crippen molar-refractivity contribution in [3.8, 4) is 5.75 Å². The third-order valence-electron chi connectivity index (χ3n) is 3.78. The third kappa shape index (κ3) is 2.93. The highest BCUT2D eigenvalue weighted by Crippen LogP contribution is 2.41. The number of nitrogens with one attached hydrogen (secondary N) is 1. The van der Waals surface area contributed by atoms with Crippen LogP contribution in [-0.4, -0.2) is 48.5 Å². The van der Waals surface area contributed by atoms with Gasteiger partial charge >= 0.3 is 0 Å². The number of anilines is 2. The molecule has 2 aliphatic heterocycles. The molecule has 2 heterocycles. The Morgan fingerprint density at radius 1 is 1.48 bits per heavy atom. The first-order chi connectivity index (χ1) is 10.7.